The quantitative estimate of drug-likeness (QED) is 0.243. The van der Waals surface area contributed by atoms with Crippen molar-refractivity contribution < 1.29 is 14.4 Å². The fraction of sp³-hybridized carbons (Fsp3) is 0.417. The van der Waals surface area contributed by atoms with E-state index in [0.29, 0.717) is 22.2 Å². The third-order valence-electron chi connectivity index (χ3n) is 9.51. The second-order valence-corrected chi connectivity index (χ2v) is 13.0. The molecule has 2 fully saturated rings. The molecule has 0 spiro atoms. The molecule has 1 atom stereocenters. The molecule has 2 saturated heterocycles. The van der Waals surface area contributed by atoms with E-state index in [2.05, 4.69) is 16.3 Å². The largest absolute Gasteiger partial charge is 0.340 e. The first-order valence-electron chi connectivity index (χ1n) is 15.7. The van der Waals surface area contributed by atoms with Gasteiger partial charge in [0, 0.05) is 43.6 Å². The highest BCUT2D eigenvalue weighted by molar-refractivity contribution is 6.42. The molecule has 2 aliphatic rings. The Labute approximate surface area is 270 Å². The lowest BCUT2D eigenvalue weighted by Gasteiger charge is -2.45. The molecular weight excluding hydrogens is 593 g/mol. The summed E-state index contributed by atoms with van der Waals surface area (Å²) in [5, 5.41) is 4.18. The van der Waals surface area contributed by atoms with Gasteiger partial charge in [-0.3, -0.25) is 14.4 Å². The van der Waals surface area contributed by atoms with Crippen molar-refractivity contribution in [2.45, 2.75) is 62.8 Å². The first-order chi connectivity index (χ1) is 21.2. The molecule has 3 aromatic carbocycles. The van der Waals surface area contributed by atoms with E-state index in [4.69, 9.17) is 23.2 Å². The molecule has 0 radical (unpaired) electrons. The summed E-state index contributed by atoms with van der Waals surface area (Å²) < 4.78 is 0. The number of carbonyl (C=O) groups excluding carboxylic acids is 3. The van der Waals surface area contributed by atoms with Gasteiger partial charge in [-0.2, -0.15) is 0 Å². The normalized spacial score (nSPS) is 20.2. The van der Waals surface area contributed by atoms with E-state index >= 15 is 0 Å². The minimum Gasteiger partial charge on any atom is -0.340 e. The number of Topliss-reactive ketones (excluding diaryl/α,β-unsaturated/α-hetero) is 1. The lowest BCUT2D eigenvalue weighted by atomic mass is 9.70. The van der Waals surface area contributed by atoms with Crippen molar-refractivity contribution >= 4 is 40.8 Å². The number of nitrogens with one attached hydrogen (secondary N) is 1. The summed E-state index contributed by atoms with van der Waals surface area (Å²) in [5.74, 6) is -0.825. The number of hydrogen-bond donors (Lipinski definition) is 1. The van der Waals surface area contributed by atoms with E-state index in [1.54, 1.807) is 6.92 Å². The fourth-order valence-electron chi connectivity index (χ4n) is 6.97. The van der Waals surface area contributed by atoms with Gasteiger partial charge in [0.25, 0.3) is 11.8 Å². The number of hydrogen-bond acceptors (Lipinski definition) is 4. The predicted molar refractivity (Wildman–Crippen MR) is 176 cm³/mol. The third kappa shape index (κ3) is 7.20. The van der Waals surface area contributed by atoms with Crippen LogP contribution in [-0.2, 0) is 20.5 Å². The SMILES string of the molecule is CCC(=O)C(=O)NC1(c2ccccc2)CCN(CCCC2(c3ccc(Cl)c(Cl)c3)CCCN(C(=O)c3ccccc3)C2)CC1. The Kier molecular flexibility index (Phi) is 10.5. The lowest BCUT2D eigenvalue weighted by Crippen LogP contribution is -2.54. The van der Waals surface area contributed by atoms with Gasteiger partial charge in [-0.15, -0.1) is 0 Å². The highest BCUT2D eigenvalue weighted by Crippen LogP contribution is 2.41. The lowest BCUT2D eigenvalue weighted by molar-refractivity contribution is -0.139. The molecule has 8 heteroatoms. The van der Waals surface area contributed by atoms with E-state index < -0.39 is 11.4 Å². The van der Waals surface area contributed by atoms with Crippen LogP contribution in [0.15, 0.2) is 78.9 Å². The number of carbonyl (C=O) groups is 3. The Bertz CT molecular complexity index is 1460. The third-order valence-corrected chi connectivity index (χ3v) is 10.2. The van der Waals surface area contributed by atoms with Crippen molar-refractivity contribution in [3.8, 4) is 0 Å². The molecule has 0 bridgehead atoms. The second-order valence-electron chi connectivity index (χ2n) is 12.2. The zero-order valence-corrected chi connectivity index (χ0v) is 26.9. The number of nitrogens with zero attached hydrogens (tertiary/aromatic N) is 2. The van der Waals surface area contributed by atoms with Crippen molar-refractivity contribution in [1.82, 2.24) is 15.1 Å². The van der Waals surface area contributed by atoms with Crippen LogP contribution in [0.4, 0.5) is 0 Å². The fourth-order valence-corrected chi connectivity index (χ4v) is 7.27. The topological polar surface area (TPSA) is 69.7 Å². The molecule has 232 valence electrons. The molecular formula is C36H41Cl2N3O3. The maximum atomic E-state index is 13.5. The van der Waals surface area contributed by atoms with E-state index in [1.165, 1.54) is 0 Å². The number of piperidine rings is 2. The van der Waals surface area contributed by atoms with Gasteiger partial charge >= 0.3 is 0 Å². The minimum atomic E-state index is -0.553. The van der Waals surface area contributed by atoms with E-state index in [9.17, 15) is 14.4 Å². The zero-order chi connectivity index (χ0) is 31.2. The van der Waals surface area contributed by atoms with Gasteiger partial charge in [-0.05, 0) is 80.5 Å². The monoisotopic (exact) mass is 633 g/mol. The van der Waals surface area contributed by atoms with Crippen molar-refractivity contribution in [2.24, 2.45) is 0 Å². The van der Waals surface area contributed by atoms with Gasteiger partial charge in [-0.25, -0.2) is 0 Å². The van der Waals surface area contributed by atoms with E-state index in [-0.39, 0.29) is 23.5 Å². The first kappa shape index (κ1) is 32.2. The van der Waals surface area contributed by atoms with Crippen LogP contribution in [0.1, 0.15) is 73.4 Å². The van der Waals surface area contributed by atoms with Crippen LogP contribution in [0, 0.1) is 0 Å². The summed E-state index contributed by atoms with van der Waals surface area (Å²) in [7, 11) is 0. The van der Waals surface area contributed by atoms with Crippen LogP contribution in [0.5, 0.6) is 0 Å². The van der Waals surface area contributed by atoms with Crippen LogP contribution >= 0.6 is 23.2 Å². The second kappa shape index (κ2) is 14.3. The van der Waals surface area contributed by atoms with Crippen LogP contribution in [0.3, 0.4) is 0 Å². The molecule has 2 amide bonds. The maximum absolute atomic E-state index is 13.5. The maximum Gasteiger partial charge on any atom is 0.288 e. The molecule has 2 aliphatic heterocycles. The smallest absolute Gasteiger partial charge is 0.288 e. The average Bonchev–Trinajstić information content (AvgIpc) is 3.07. The molecule has 3 aromatic rings. The number of halogens is 2. The molecule has 0 aromatic heterocycles. The summed E-state index contributed by atoms with van der Waals surface area (Å²) in [6, 6.07) is 25.4. The molecule has 1 unspecified atom stereocenters. The van der Waals surface area contributed by atoms with Crippen LogP contribution in [0.25, 0.3) is 0 Å². The molecule has 44 heavy (non-hydrogen) atoms. The van der Waals surface area contributed by atoms with Gasteiger partial charge in [0.2, 0.25) is 5.78 Å². The molecule has 0 saturated carbocycles. The predicted octanol–water partition coefficient (Wildman–Crippen LogP) is 7.03. The Hall–Kier alpha value is -3.19. The molecule has 2 heterocycles. The molecule has 0 aliphatic carbocycles. The van der Waals surface area contributed by atoms with Crippen LogP contribution in [-0.4, -0.2) is 60.1 Å². The number of benzene rings is 3. The van der Waals surface area contributed by atoms with Crippen molar-refractivity contribution in [1.29, 1.82) is 0 Å². The van der Waals surface area contributed by atoms with E-state index in [1.807, 2.05) is 77.7 Å². The molecule has 5 rings (SSSR count). The Balaban J connectivity index is 1.29. The van der Waals surface area contributed by atoms with Gasteiger partial charge in [0.15, 0.2) is 0 Å². The summed E-state index contributed by atoms with van der Waals surface area (Å²) in [6.45, 7) is 5.61. The van der Waals surface area contributed by atoms with Gasteiger partial charge < -0.3 is 15.1 Å². The highest BCUT2D eigenvalue weighted by Gasteiger charge is 2.41. The number of rotatable bonds is 10. The Morgan fingerprint density at radius 1 is 0.818 bits per heavy atom. The molecule has 1 N–H and O–H groups in total. The van der Waals surface area contributed by atoms with Crippen LogP contribution < -0.4 is 5.32 Å². The standard InChI is InChI=1S/C36H41Cl2N3O3/c1-2-32(42)33(43)39-36(28-13-7-4-8-14-28)19-23-40(24-20-36)21-9-17-35(29-15-16-30(37)31(38)25-29)18-10-22-41(26-35)34(44)27-11-5-3-6-12-27/h3-8,11-16,25H,2,9-10,17-24,26H2,1H3,(H,39,43). The molecule has 6 nitrogen and oxygen atoms in total. The summed E-state index contributed by atoms with van der Waals surface area (Å²) in [4.78, 5) is 42.8. The Morgan fingerprint density at radius 2 is 1.50 bits per heavy atom. The Morgan fingerprint density at radius 3 is 2.16 bits per heavy atom. The number of likely N-dealkylation sites (tertiary alicyclic amines) is 2. The van der Waals surface area contributed by atoms with Gasteiger partial charge in [0.05, 0.1) is 15.6 Å². The summed E-state index contributed by atoms with van der Waals surface area (Å²) in [6.07, 6.45) is 5.40. The number of ketones is 1. The van der Waals surface area contributed by atoms with E-state index in [0.717, 1.165) is 75.8 Å². The van der Waals surface area contributed by atoms with Crippen LogP contribution in [0.2, 0.25) is 10.0 Å². The first-order valence-corrected chi connectivity index (χ1v) is 16.4. The minimum absolute atomic E-state index is 0.0617. The summed E-state index contributed by atoms with van der Waals surface area (Å²) in [5.41, 5.74) is 2.10. The zero-order valence-electron chi connectivity index (χ0n) is 25.4. The average molecular weight is 635 g/mol. The van der Waals surface area contributed by atoms with Crippen molar-refractivity contribution in [3.05, 3.63) is 106 Å². The summed E-state index contributed by atoms with van der Waals surface area (Å²) >= 11 is 12.8. The van der Waals surface area contributed by atoms with Crippen molar-refractivity contribution in [3.63, 3.8) is 0 Å². The van der Waals surface area contributed by atoms with Gasteiger partial charge in [-0.1, -0.05) is 84.7 Å². The van der Waals surface area contributed by atoms with Gasteiger partial charge in [0.1, 0.15) is 0 Å². The highest BCUT2D eigenvalue weighted by atomic mass is 35.5. The number of amides is 2. The van der Waals surface area contributed by atoms with Crippen molar-refractivity contribution in [2.75, 3.05) is 32.7 Å².